The quantitative estimate of drug-likeness (QED) is 0.607. The maximum Gasteiger partial charge on any atom is 0.298 e. The molecule has 1 aromatic carbocycles. The topological polar surface area (TPSA) is 44.7 Å². The molecule has 3 nitrogen and oxygen atoms in total. The molecule has 0 aromatic heterocycles. The molecule has 2 atom stereocenters. The summed E-state index contributed by atoms with van der Waals surface area (Å²) in [7, 11) is 0. The van der Waals surface area contributed by atoms with Crippen molar-refractivity contribution in [2.45, 2.75) is 57.3 Å². The first-order valence-electron chi connectivity index (χ1n) is 7.70. The van der Waals surface area contributed by atoms with Crippen molar-refractivity contribution in [1.82, 2.24) is 0 Å². The van der Waals surface area contributed by atoms with E-state index < -0.39 is 28.1 Å². The van der Waals surface area contributed by atoms with Crippen molar-refractivity contribution >= 4 is 17.1 Å². The highest BCUT2D eigenvalue weighted by molar-refractivity contribution is 7.91. The molecule has 1 aliphatic rings. The Kier molecular flexibility index (Phi) is 5.48. The molecule has 128 valence electrons. The second kappa shape index (κ2) is 6.87. The fourth-order valence-electron chi connectivity index (χ4n) is 2.32. The zero-order valence-corrected chi connectivity index (χ0v) is 14.8. The molecule has 1 aliphatic heterocycles. The molecule has 1 unspecified atom stereocenters. The Morgan fingerprint density at radius 2 is 2.04 bits per heavy atom. The summed E-state index contributed by atoms with van der Waals surface area (Å²) in [6.07, 6.45) is -0.0534. The third kappa shape index (κ3) is 4.31. The van der Waals surface area contributed by atoms with Gasteiger partial charge in [0.1, 0.15) is 22.2 Å². The SMILES string of the molecule is CC(=N[S+]([O-])C(C)(C)C)c1cccc(C(F)(F)[C@H]2CCCO2)c1. The zero-order chi connectivity index (χ0) is 17.3. The molecular weight excluding hydrogens is 320 g/mol. The molecular formula is C17H23F2NO2S. The van der Waals surface area contributed by atoms with Crippen molar-refractivity contribution in [3.8, 4) is 0 Å². The first kappa shape index (κ1) is 18.4. The predicted molar refractivity (Wildman–Crippen MR) is 89.4 cm³/mol. The molecule has 0 radical (unpaired) electrons. The van der Waals surface area contributed by atoms with Crippen molar-refractivity contribution in [3.63, 3.8) is 0 Å². The molecule has 0 aliphatic carbocycles. The highest BCUT2D eigenvalue weighted by atomic mass is 32.2. The minimum absolute atomic E-state index is 0.0852. The molecule has 0 N–H and O–H groups in total. The summed E-state index contributed by atoms with van der Waals surface area (Å²) in [5.74, 6) is -3.03. The first-order valence-corrected chi connectivity index (χ1v) is 8.80. The Bertz CT molecular complexity index is 578. The first-order chi connectivity index (χ1) is 10.6. The van der Waals surface area contributed by atoms with Crippen molar-refractivity contribution in [1.29, 1.82) is 0 Å². The van der Waals surface area contributed by atoms with E-state index >= 15 is 0 Å². The van der Waals surface area contributed by atoms with Gasteiger partial charge < -0.3 is 9.29 Å². The minimum atomic E-state index is -3.03. The van der Waals surface area contributed by atoms with Crippen LogP contribution in [-0.4, -0.2) is 27.7 Å². The largest absolute Gasteiger partial charge is 0.591 e. The van der Waals surface area contributed by atoms with Crippen LogP contribution in [0.5, 0.6) is 0 Å². The van der Waals surface area contributed by atoms with Gasteiger partial charge in [-0.25, -0.2) is 0 Å². The third-order valence-electron chi connectivity index (χ3n) is 3.74. The summed E-state index contributed by atoms with van der Waals surface area (Å²) in [4.78, 5) is 0. The Balaban J connectivity index is 2.27. The number of rotatable bonds is 4. The van der Waals surface area contributed by atoms with Gasteiger partial charge in [-0.2, -0.15) is 8.78 Å². The number of halogens is 2. The van der Waals surface area contributed by atoms with Gasteiger partial charge in [0.25, 0.3) is 5.92 Å². The van der Waals surface area contributed by atoms with Gasteiger partial charge >= 0.3 is 0 Å². The highest BCUT2D eigenvalue weighted by Gasteiger charge is 2.44. The van der Waals surface area contributed by atoms with Crippen LogP contribution in [0.4, 0.5) is 8.78 Å². The molecule has 0 amide bonds. The molecule has 1 heterocycles. The van der Waals surface area contributed by atoms with Gasteiger partial charge in [0.2, 0.25) is 0 Å². The van der Waals surface area contributed by atoms with Gasteiger partial charge in [-0.05, 0) is 46.6 Å². The maximum atomic E-state index is 14.5. The van der Waals surface area contributed by atoms with Crippen molar-refractivity contribution in [3.05, 3.63) is 35.4 Å². The maximum absolute atomic E-state index is 14.5. The van der Waals surface area contributed by atoms with Crippen LogP contribution in [0.25, 0.3) is 0 Å². The number of ether oxygens (including phenoxy) is 1. The van der Waals surface area contributed by atoms with E-state index in [1.165, 1.54) is 12.1 Å². The molecule has 2 rings (SSSR count). The predicted octanol–water partition coefficient (Wildman–Crippen LogP) is 4.23. The van der Waals surface area contributed by atoms with E-state index in [4.69, 9.17) is 4.74 Å². The Labute approximate surface area is 139 Å². The van der Waals surface area contributed by atoms with E-state index in [9.17, 15) is 13.3 Å². The van der Waals surface area contributed by atoms with Gasteiger partial charge in [-0.3, -0.25) is 0 Å². The summed E-state index contributed by atoms with van der Waals surface area (Å²) >= 11 is -1.42. The zero-order valence-electron chi connectivity index (χ0n) is 13.9. The number of alkyl halides is 2. The Morgan fingerprint density at radius 3 is 2.61 bits per heavy atom. The molecule has 0 saturated carbocycles. The summed E-state index contributed by atoms with van der Waals surface area (Å²) in [5, 5.41) is 0. The Morgan fingerprint density at radius 1 is 1.35 bits per heavy atom. The standard InChI is InChI=1S/C17H23F2NO2S/c1-12(20-23(21)16(2,3)4)13-7-5-8-14(11-13)17(18,19)15-9-6-10-22-15/h5,7-8,11,15H,6,9-10H2,1-4H3/t15-,23?/m1/s1. The van der Waals surface area contributed by atoms with E-state index in [0.29, 0.717) is 30.7 Å². The molecule has 0 bridgehead atoms. The van der Waals surface area contributed by atoms with Gasteiger partial charge in [-0.15, -0.1) is 0 Å². The fourth-order valence-corrected chi connectivity index (χ4v) is 2.94. The molecule has 1 fully saturated rings. The van der Waals surface area contributed by atoms with Crippen LogP contribution in [0.2, 0.25) is 0 Å². The molecule has 23 heavy (non-hydrogen) atoms. The van der Waals surface area contributed by atoms with Gasteiger partial charge in [0, 0.05) is 17.7 Å². The van der Waals surface area contributed by atoms with Gasteiger partial charge in [-0.1, -0.05) is 22.6 Å². The van der Waals surface area contributed by atoms with E-state index in [1.54, 1.807) is 19.1 Å². The van der Waals surface area contributed by atoms with Crippen LogP contribution in [0, 0.1) is 0 Å². The summed E-state index contributed by atoms with van der Waals surface area (Å²) < 4.78 is 50.0. The fraction of sp³-hybridized carbons (Fsp3) is 0.588. The van der Waals surface area contributed by atoms with E-state index in [1.807, 2.05) is 20.8 Å². The second-order valence-electron chi connectivity index (χ2n) is 6.74. The highest BCUT2D eigenvalue weighted by Crippen LogP contribution is 2.38. The average molecular weight is 343 g/mol. The minimum Gasteiger partial charge on any atom is -0.591 e. The second-order valence-corrected chi connectivity index (χ2v) is 8.65. The van der Waals surface area contributed by atoms with Gasteiger partial charge in [0.15, 0.2) is 0 Å². The number of hydrogen-bond donors (Lipinski definition) is 0. The van der Waals surface area contributed by atoms with Crippen LogP contribution < -0.4 is 0 Å². The summed E-state index contributed by atoms with van der Waals surface area (Å²) in [5.41, 5.74) is 0.957. The number of nitrogens with zero attached hydrogens (tertiary/aromatic N) is 1. The van der Waals surface area contributed by atoms with Crippen molar-refractivity contribution in [2.24, 2.45) is 4.40 Å². The summed E-state index contributed by atoms with van der Waals surface area (Å²) in [6.45, 7) is 7.53. The van der Waals surface area contributed by atoms with Crippen LogP contribution in [0.3, 0.4) is 0 Å². The monoisotopic (exact) mass is 343 g/mol. The lowest BCUT2D eigenvalue weighted by molar-refractivity contribution is -0.122. The third-order valence-corrected chi connectivity index (χ3v) is 5.23. The van der Waals surface area contributed by atoms with Crippen LogP contribution in [-0.2, 0) is 22.0 Å². The van der Waals surface area contributed by atoms with E-state index in [-0.39, 0.29) is 5.56 Å². The van der Waals surface area contributed by atoms with Gasteiger partial charge in [0.05, 0.1) is 5.71 Å². The van der Waals surface area contributed by atoms with Crippen LogP contribution in [0.15, 0.2) is 28.7 Å². The lowest BCUT2D eigenvalue weighted by atomic mass is 9.98. The average Bonchev–Trinajstić information content (AvgIpc) is 3.01. The van der Waals surface area contributed by atoms with E-state index in [0.717, 1.165) is 0 Å². The van der Waals surface area contributed by atoms with Crippen LogP contribution in [0.1, 0.15) is 51.7 Å². The smallest absolute Gasteiger partial charge is 0.298 e. The molecule has 1 aromatic rings. The number of hydrogen-bond acceptors (Lipinski definition) is 3. The van der Waals surface area contributed by atoms with Crippen molar-refractivity contribution in [2.75, 3.05) is 6.61 Å². The summed E-state index contributed by atoms with van der Waals surface area (Å²) in [6, 6.07) is 6.10. The number of benzene rings is 1. The molecule has 0 spiro atoms. The molecule has 6 heteroatoms. The molecule has 1 saturated heterocycles. The normalized spacial score (nSPS) is 21.5. The lowest BCUT2D eigenvalue weighted by Gasteiger charge is -2.23. The van der Waals surface area contributed by atoms with Crippen LogP contribution >= 0.6 is 0 Å². The van der Waals surface area contributed by atoms with Crippen molar-refractivity contribution < 1.29 is 18.1 Å². The lowest BCUT2D eigenvalue weighted by Crippen LogP contribution is -2.30. The van der Waals surface area contributed by atoms with E-state index in [2.05, 4.69) is 4.40 Å². The Hall–Kier alpha value is -0.980.